The third-order valence-corrected chi connectivity index (χ3v) is 3.49. The lowest BCUT2D eigenvalue weighted by molar-refractivity contribution is 0.629. The summed E-state index contributed by atoms with van der Waals surface area (Å²) < 4.78 is 1.85. The number of nitrogens with zero attached hydrogens (tertiary/aromatic N) is 1. The number of anilines is 1. The van der Waals surface area contributed by atoms with Gasteiger partial charge >= 0.3 is 4.87 Å². The molecule has 3 nitrogen and oxygen atoms in total. The molecule has 4 heteroatoms. The van der Waals surface area contributed by atoms with Gasteiger partial charge in [0.05, 0.1) is 5.69 Å². The summed E-state index contributed by atoms with van der Waals surface area (Å²) in [6.45, 7) is 2.92. The maximum Gasteiger partial charge on any atom is 0.307 e. The average Bonchev–Trinajstić information content (AvgIpc) is 2.69. The van der Waals surface area contributed by atoms with Crippen molar-refractivity contribution in [1.29, 1.82) is 0 Å². The van der Waals surface area contributed by atoms with E-state index in [0.717, 1.165) is 36.3 Å². The van der Waals surface area contributed by atoms with Gasteiger partial charge in [0.1, 0.15) is 0 Å². The Morgan fingerprint density at radius 2 is 2.00 bits per heavy atom. The zero-order chi connectivity index (χ0) is 12.3. The highest BCUT2D eigenvalue weighted by Gasteiger charge is 2.08. The molecule has 0 aliphatic heterocycles. The van der Waals surface area contributed by atoms with Crippen LogP contribution in [0.3, 0.4) is 0 Å². The third kappa shape index (κ3) is 2.58. The lowest BCUT2D eigenvalue weighted by Gasteiger charge is -2.07. The van der Waals surface area contributed by atoms with Gasteiger partial charge in [0, 0.05) is 17.6 Å². The fourth-order valence-corrected chi connectivity index (χ4v) is 2.53. The molecule has 0 radical (unpaired) electrons. The third-order valence-electron chi connectivity index (χ3n) is 2.72. The van der Waals surface area contributed by atoms with Gasteiger partial charge in [-0.1, -0.05) is 36.8 Å². The van der Waals surface area contributed by atoms with Crippen molar-refractivity contribution in [3.8, 4) is 11.3 Å². The Labute approximate surface area is 105 Å². The van der Waals surface area contributed by atoms with Crippen LogP contribution in [-0.2, 0) is 6.54 Å². The second-order valence-electron chi connectivity index (χ2n) is 4.01. The van der Waals surface area contributed by atoms with Gasteiger partial charge in [-0.25, -0.2) is 0 Å². The lowest BCUT2D eigenvalue weighted by atomic mass is 10.1. The molecule has 0 spiro atoms. The van der Waals surface area contributed by atoms with Crippen molar-refractivity contribution >= 4 is 17.0 Å². The molecule has 0 aliphatic carbocycles. The predicted molar refractivity (Wildman–Crippen MR) is 73.3 cm³/mol. The van der Waals surface area contributed by atoms with Crippen LogP contribution in [0.2, 0.25) is 0 Å². The lowest BCUT2D eigenvalue weighted by Crippen LogP contribution is -2.14. The zero-order valence-electron chi connectivity index (χ0n) is 9.85. The molecule has 0 unspecified atom stereocenters. The van der Waals surface area contributed by atoms with Crippen molar-refractivity contribution in [2.75, 3.05) is 5.73 Å². The average molecular weight is 248 g/mol. The minimum Gasteiger partial charge on any atom is -0.399 e. The van der Waals surface area contributed by atoms with Crippen LogP contribution in [0, 0.1) is 0 Å². The molecule has 2 N–H and O–H groups in total. The number of nitrogens with two attached hydrogens (primary N) is 1. The van der Waals surface area contributed by atoms with Crippen LogP contribution < -0.4 is 10.6 Å². The van der Waals surface area contributed by atoms with Crippen molar-refractivity contribution in [3.05, 3.63) is 39.3 Å². The smallest absolute Gasteiger partial charge is 0.307 e. The largest absolute Gasteiger partial charge is 0.399 e. The SMILES string of the molecule is CCCCn1c(-c2ccc(N)cc2)csc1=O. The van der Waals surface area contributed by atoms with Crippen LogP contribution in [0.1, 0.15) is 19.8 Å². The molecular formula is C13H16N2OS. The maximum absolute atomic E-state index is 11.7. The number of benzene rings is 1. The summed E-state index contributed by atoms with van der Waals surface area (Å²) in [7, 11) is 0. The Balaban J connectivity index is 2.38. The summed E-state index contributed by atoms with van der Waals surface area (Å²) in [4.78, 5) is 11.9. The van der Waals surface area contributed by atoms with Gasteiger partial charge < -0.3 is 5.73 Å². The monoisotopic (exact) mass is 248 g/mol. The number of hydrogen-bond donors (Lipinski definition) is 1. The van der Waals surface area contributed by atoms with E-state index in [4.69, 9.17) is 5.73 Å². The van der Waals surface area contributed by atoms with E-state index in [0.29, 0.717) is 0 Å². The predicted octanol–water partition coefficient (Wildman–Crippen LogP) is 2.96. The van der Waals surface area contributed by atoms with Gasteiger partial charge in [0.25, 0.3) is 0 Å². The first-order chi connectivity index (χ1) is 8.22. The van der Waals surface area contributed by atoms with Crippen molar-refractivity contribution in [2.45, 2.75) is 26.3 Å². The van der Waals surface area contributed by atoms with E-state index in [-0.39, 0.29) is 4.87 Å². The minimum absolute atomic E-state index is 0.116. The first-order valence-corrected chi connectivity index (χ1v) is 6.64. The van der Waals surface area contributed by atoms with Gasteiger partial charge in [-0.3, -0.25) is 9.36 Å². The minimum atomic E-state index is 0.116. The standard InChI is InChI=1S/C13H16N2OS/c1-2-3-8-15-12(9-17-13(15)16)10-4-6-11(14)7-5-10/h4-7,9H,2-3,8,14H2,1H3. The number of rotatable bonds is 4. The van der Waals surface area contributed by atoms with E-state index in [1.54, 1.807) is 0 Å². The molecule has 0 amide bonds. The van der Waals surface area contributed by atoms with E-state index in [2.05, 4.69) is 6.92 Å². The van der Waals surface area contributed by atoms with Crippen LogP contribution in [-0.4, -0.2) is 4.57 Å². The van der Waals surface area contributed by atoms with E-state index in [9.17, 15) is 4.79 Å². The van der Waals surface area contributed by atoms with Gasteiger partial charge in [-0.05, 0) is 24.1 Å². The zero-order valence-corrected chi connectivity index (χ0v) is 10.7. The van der Waals surface area contributed by atoms with E-state index in [1.165, 1.54) is 11.3 Å². The summed E-state index contributed by atoms with van der Waals surface area (Å²) in [5.41, 5.74) is 8.45. The maximum atomic E-state index is 11.7. The molecule has 0 atom stereocenters. The molecular weight excluding hydrogens is 232 g/mol. The first kappa shape index (κ1) is 11.9. The molecule has 0 fully saturated rings. The molecule has 1 aromatic carbocycles. The molecule has 0 saturated carbocycles. The van der Waals surface area contributed by atoms with Gasteiger partial charge in [-0.2, -0.15) is 0 Å². The Morgan fingerprint density at radius 3 is 2.65 bits per heavy atom. The van der Waals surface area contributed by atoms with Crippen molar-refractivity contribution in [2.24, 2.45) is 0 Å². The first-order valence-electron chi connectivity index (χ1n) is 5.76. The quantitative estimate of drug-likeness (QED) is 0.846. The van der Waals surface area contributed by atoms with Crippen LogP contribution in [0.25, 0.3) is 11.3 Å². The highest BCUT2D eigenvalue weighted by molar-refractivity contribution is 7.07. The number of unbranched alkanes of at least 4 members (excludes halogenated alkanes) is 1. The molecule has 90 valence electrons. The Morgan fingerprint density at radius 1 is 1.29 bits per heavy atom. The van der Waals surface area contributed by atoms with Crippen LogP contribution >= 0.6 is 11.3 Å². The molecule has 0 bridgehead atoms. The van der Waals surface area contributed by atoms with E-state index < -0.39 is 0 Å². The van der Waals surface area contributed by atoms with Crippen molar-refractivity contribution < 1.29 is 0 Å². The molecule has 17 heavy (non-hydrogen) atoms. The Bertz CT molecular complexity index is 539. The van der Waals surface area contributed by atoms with E-state index >= 15 is 0 Å². The second-order valence-corrected chi connectivity index (χ2v) is 4.83. The van der Waals surface area contributed by atoms with Crippen LogP contribution in [0.4, 0.5) is 5.69 Å². The van der Waals surface area contributed by atoms with Gasteiger partial charge in [-0.15, -0.1) is 0 Å². The van der Waals surface area contributed by atoms with Crippen molar-refractivity contribution in [3.63, 3.8) is 0 Å². The summed E-state index contributed by atoms with van der Waals surface area (Å²) >= 11 is 1.26. The number of aromatic nitrogens is 1. The highest BCUT2D eigenvalue weighted by atomic mass is 32.1. The number of nitrogen functional groups attached to an aromatic ring is 1. The number of thiazole rings is 1. The summed E-state index contributed by atoms with van der Waals surface area (Å²) in [5.74, 6) is 0. The topological polar surface area (TPSA) is 48.0 Å². The normalized spacial score (nSPS) is 10.6. The molecule has 0 aliphatic rings. The van der Waals surface area contributed by atoms with E-state index in [1.807, 2.05) is 34.2 Å². The number of hydrogen-bond acceptors (Lipinski definition) is 3. The fourth-order valence-electron chi connectivity index (χ4n) is 1.74. The molecule has 2 rings (SSSR count). The van der Waals surface area contributed by atoms with Crippen LogP contribution in [0.15, 0.2) is 34.4 Å². The van der Waals surface area contributed by atoms with Gasteiger partial charge in [0.2, 0.25) is 0 Å². The molecule has 1 aromatic heterocycles. The highest BCUT2D eigenvalue weighted by Crippen LogP contribution is 2.21. The van der Waals surface area contributed by atoms with Gasteiger partial charge in [0.15, 0.2) is 0 Å². The van der Waals surface area contributed by atoms with Crippen LogP contribution in [0.5, 0.6) is 0 Å². The molecule has 1 heterocycles. The molecule has 2 aromatic rings. The Kier molecular flexibility index (Phi) is 3.64. The summed E-state index contributed by atoms with van der Waals surface area (Å²) in [6.07, 6.45) is 2.11. The second kappa shape index (κ2) is 5.19. The van der Waals surface area contributed by atoms with Crippen molar-refractivity contribution in [1.82, 2.24) is 4.57 Å². The summed E-state index contributed by atoms with van der Waals surface area (Å²) in [6, 6.07) is 7.64. The Hall–Kier alpha value is -1.55. The fraction of sp³-hybridized carbons (Fsp3) is 0.308. The molecule has 0 saturated heterocycles. The summed E-state index contributed by atoms with van der Waals surface area (Å²) in [5, 5.41) is 1.92.